The van der Waals surface area contributed by atoms with Crippen molar-refractivity contribution in [1.82, 2.24) is 10.2 Å². The maximum atomic E-state index is 12.0. The van der Waals surface area contributed by atoms with Crippen LogP contribution >= 0.6 is 22.9 Å². The van der Waals surface area contributed by atoms with Crippen LogP contribution < -0.4 is 11.1 Å². The first-order valence-corrected chi connectivity index (χ1v) is 10.4. The Hall–Kier alpha value is -1.89. The highest BCUT2D eigenvalue weighted by molar-refractivity contribution is 7.20. The first-order valence-electron chi connectivity index (χ1n) is 9.19. The molecule has 1 atom stereocenters. The predicted molar refractivity (Wildman–Crippen MR) is 112 cm³/mol. The summed E-state index contributed by atoms with van der Waals surface area (Å²) >= 11 is 7.95. The molecule has 0 saturated carbocycles. The van der Waals surface area contributed by atoms with Crippen molar-refractivity contribution < 1.29 is 9.59 Å². The minimum Gasteiger partial charge on any atom is -0.369 e. The molecular formula is C20H24ClN3O2S. The number of amides is 2. The fraction of sp³-hybridized carbons (Fsp3) is 0.400. The summed E-state index contributed by atoms with van der Waals surface area (Å²) in [6, 6.07) is 7.93. The molecule has 5 nitrogen and oxygen atoms in total. The van der Waals surface area contributed by atoms with E-state index in [0.29, 0.717) is 11.6 Å². The number of piperidine rings is 1. The molecular weight excluding hydrogens is 382 g/mol. The van der Waals surface area contributed by atoms with E-state index in [2.05, 4.69) is 10.2 Å². The molecule has 1 aliphatic heterocycles. The van der Waals surface area contributed by atoms with Crippen molar-refractivity contribution in [2.45, 2.75) is 19.3 Å². The highest BCUT2D eigenvalue weighted by atomic mass is 35.5. The number of carbonyl (C=O) groups is 2. The van der Waals surface area contributed by atoms with E-state index in [9.17, 15) is 9.59 Å². The Kier molecular flexibility index (Phi) is 6.88. The van der Waals surface area contributed by atoms with Gasteiger partial charge in [-0.15, -0.1) is 11.3 Å². The number of benzene rings is 1. The Balaban J connectivity index is 1.42. The molecule has 144 valence electrons. The van der Waals surface area contributed by atoms with Gasteiger partial charge in [0.25, 0.3) is 0 Å². The third-order valence-corrected chi connectivity index (χ3v) is 6.46. The van der Waals surface area contributed by atoms with Crippen LogP contribution in [0.2, 0.25) is 5.02 Å². The molecule has 0 radical (unpaired) electrons. The average Bonchev–Trinajstić information content (AvgIpc) is 3.00. The summed E-state index contributed by atoms with van der Waals surface area (Å²) in [7, 11) is 0. The zero-order valence-corrected chi connectivity index (χ0v) is 16.7. The second-order valence-corrected chi connectivity index (χ2v) is 8.26. The van der Waals surface area contributed by atoms with Crippen LogP contribution in [0.5, 0.6) is 0 Å². The minimum atomic E-state index is -0.210. The van der Waals surface area contributed by atoms with Crippen LogP contribution in [0.1, 0.15) is 24.1 Å². The van der Waals surface area contributed by atoms with Crippen LogP contribution in [0, 0.1) is 5.92 Å². The van der Waals surface area contributed by atoms with E-state index >= 15 is 0 Å². The molecule has 0 bridgehead atoms. The Bertz CT molecular complexity index is 849. The molecule has 1 fully saturated rings. The number of primary amides is 1. The molecule has 3 N–H and O–H groups in total. The third-order valence-electron chi connectivity index (χ3n) is 4.80. The number of nitrogens with one attached hydrogen (secondary N) is 1. The smallest absolute Gasteiger partial charge is 0.244 e. The van der Waals surface area contributed by atoms with E-state index in [0.717, 1.165) is 53.9 Å². The van der Waals surface area contributed by atoms with Crippen LogP contribution in [0.15, 0.2) is 30.3 Å². The molecule has 1 unspecified atom stereocenters. The third kappa shape index (κ3) is 5.31. The van der Waals surface area contributed by atoms with Crippen molar-refractivity contribution in [3.05, 3.63) is 40.2 Å². The van der Waals surface area contributed by atoms with Gasteiger partial charge in [-0.1, -0.05) is 29.8 Å². The van der Waals surface area contributed by atoms with Crippen molar-refractivity contribution in [2.75, 3.05) is 26.2 Å². The number of rotatable bonds is 7. The molecule has 2 amide bonds. The van der Waals surface area contributed by atoms with Crippen molar-refractivity contribution >= 4 is 50.9 Å². The second-order valence-electron chi connectivity index (χ2n) is 6.80. The molecule has 7 heteroatoms. The van der Waals surface area contributed by atoms with Gasteiger partial charge in [0.15, 0.2) is 0 Å². The van der Waals surface area contributed by atoms with Gasteiger partial charge in [0, 0.05) is 34.1 Å². The van der Waals surface area contributed by atoms with Crippen LogP contribution in [0.3, 0.4) is 0 Å². The lowest BCUT2D eigenvalue weighted by Crippen LogP contribution is -2.42. The zero-order chi connectivity index (χ0) is 19.2. The fourth-order valence-electron chi connectivity index (χ4n) is 3.36. The largest absolute Gasteiger partial charge is 0.369 e. The number of thiophene rings is 1. The van der Waals surface area contributed by atoms with E-state index in [1.165, 1.54) is 6.08 Å². The topological polar surface area (TPSA) is 75.4 Å². The quantitative estimate of drug-likeness (QED) is 0.548. The van der Waals surface area contributed by atoms with Crippen LogP contribution in [-0.2, 0) is 9.59 Å². The van der Waals surface area contributed by atoms with Gasteiger partial charge in [0.1, 0.15) is 0 Å². The first kappa shape index (κ1) is 19.9. The van der Waals surface area contributed by atoms with E-state index in [1.54, 1.807) is 17.4 Å². The summed E-state index contributed by atoms with van der Waals surface area (Å²) in [6.07, 6.45) is 6.02. The van der Waals surface area contributed by atoms with Gasteiger partial charge in [-0.25, -0.2) is 0 Å². The van der Waals surface area contributed by atoms with Crippen molar-refractivity contribution in [1.29, 1.82) is 0 Å². The summed E-state index contributed by atoms with van der Waals surface area (Å²) in [6.45, 7) is 3.17. The molecule has 3 rings (SSSR count). The van der Waals surface area contributed by atoms with Gasteiger partial charge in [-0.3, -0.25) is 9.59 Å². The lowest BCUT2D eigenvalue weighted by Gasteiger charge is -2.31. The maximum absolute atomic E-state index is 12.0. The number of halogens is 1. The standard InChI is InChI=1S/C20H24ClN3O2S/c21-19-15-6-1-2-7-16(15)27-17(19)8-9-18(25)23-10-4-12-24-11-3-5-14(13-24)20(22)26/h1-2,6-9,14H,3-5,10-13H2,(H2,22,26)(H,23,25)/b9-8+. The van der Waals surface area contributed by atoms with E-state index in [4.69, 9.17) is 17.3 Å². The molecule has 1 saturated heterocycles. The number of hydrogen-bond acceptors (Lipinski definition) is 4. The lowest BCUT2D eigenvalue weighted by molar-refractivity contribution is -0.123. The Morgan fingerprint density at radius 1 is 1.37 bits per heavy atom. The van der Waals surface area contributed by atoms with Crippen LogP contribution in [0.4, 0.5) is 0 Å². The highest BCUT2D eigenvalue weighted by Gasteiger charge is 2.23. The first-order chi connectivity index (χ1) is 13.0. The number of carbonyl (C=O) groups excluding carboxylic acids is 2. The van der Waals surface area contributed by atoms with E-state index in [1.807, 2.05) is 24.3 Å². The minimum absolute atomic E-state index is 0.0395. The van der Waals surface area contributed by atoms with Crippen LogP contribution in [0.25, 0.3) is 16.2 Å². The molecule has 2 aromatic rings. The Labute approximate surface area is 168 Å². The summed E-state index contributed by atoms with van der Waals surface area (Å²) in [5.41, 5.74) is 5.40. The zero-order valence-electron chi connectivity index (χ0n) is 15.1. The molecule has 2 heterocycles. The summed E-state index contributed by atoms with van der Waals surface area (Å²) in [4.78, 5) is 26.5. The highest BCUT2D eigenvalue weighted by Crippen LogP contribution is 2.35. The number of fused-ring (bicyclic) bond motifs is 1. The number of hydrogen-bond donors (Lipinski definition) is 2. The maximum Gasteiger partial charge on any atom is 0.244 e. The number of nitrogens with zero attached hydrogens (tertiary/aromatic N) is 1. The molecule has 27 heavy (non-hydrogen) atoms. The fourth-order valence-corrected chi connectivity index (χ4v) is 4.75. The van der Waals surface area contributed by atoms with Crippen molar-refractivity contribution in [3.63, 3.8) is 0 Å². The van der Waals surface area contributed by atoms with Gasteiger partial charge >= 0.3 is 0 Å². The molecule has 1 aromatic heterocycles. The monoisotopic (exact) mass is 405 g/mol. The predicted octanol–water partition coefficient (Wildman–Crippen LogP) is 3.27. The van der Waals surface area contributed by atoms with Gasteiger partial charge < -0.3 is 16.0 Å². The second kappa shape index (κ2) is 9.35. The molecule has 0 spiro atoms. The molecule has 1 aliphatic rings. The SMILES string of the molecule is NC(=O)C1CCCN(CCCNC(=O)/C=C/c2sc3ccccc3c2Cl)C1. The number of likely N-dealkylation sites (tertiary alicyclic amines) is 1. The van der Waals surface area contributed by atoms with E-state index in [-0.39, 0.29) is 17.7 Å². The van der Waals surface area contributed by atoms with Crippen LogP contribution in [-0.4, -0.2) is 42.9 Å². The van der Waals surface area contributed by atoms with Crippen molar-refractivity contribution in [2.24, 2.45) is 11.7 Å². The number of nitrogens with two attached hydrogens (primary N) is 1. The van der Waals surface area contributed by atoms with E-state index < -0.39 is 0 Å². The van der Waals surface area contributed by atoms with Gasteiger partial charge in [-0.05, 0) is 44.5 Å². The average molecular weight is 406 g/mol. The Morgan fingerprint density at radius 2 is 2.19 bits per heavy atom. The van der Waals surface area contributed by atoms with Gasteiger partial charge in [0.2, 0.25) is 11.8 Å². The summed E-state index contributed by atoms with van der Waals surface area (Å²) in [5.74, 6) is -0.377. The lowest BCUT2D eigenvalue weighted by atomic mass is 9.97. The van der Waals surface area contributed by atoms with Gasteiger partial charge in [-0.2, -0.15) is 0 Å². The normalized spacial score (nSPS) is 18.2. The van der Waals surface area contributed by atoms with Crippen molar-refractivity contribution in [3.8, 4) is 0 Å². The molecule has 1 aromatic carbocycles. The summed E-state index contributed by atoms with van der Waals surface area (Å²) in [5, 5.41) is 4.60. The Morgan fingerprint density at radius 3 is 2.96 bits per heavy atom. The molecule has 0 aliphatic carbocycles. The summed E-state index contributed by atoms with van der Waals surface area (Å²) < 4.78 is 1.11. The van der Waals surface area contributed by atoms with Gasteiger partial charge in [0.05, 0.1) is 10.9 Å².